The van der Waals surface area contributed by atoms with Crippen LogP contribution in [0.2, 0.25) is 0 Å². The van der Waals surface area contributed by atoms with Gasteiger partial charge in [-0.1, -0.05) is 30.3 Å². The van der Waals surface area contributed by atoms with Crippen LogP contribution in [0.3, 0.4) is 0 Å². The van der Waals surface area contributed by atoms with E-state index in [1.165, 1.54) is 14.0 Å². The molecule has 1 fully saturated rings. The maximum absolute atomic E-state index is 12.2. The Morgan fingerprint density at radius 1 is 1.19 bits per heavy atom. The van der Waals surface area contributed by atoms with Gasteiger partial charge < -0.3 is 18.9 Å². The van der Waals surface area contributed by atoms with Crippen LogP contribution < -0.4 is 0 Å². The van der Waals surface area contributed by atoms with Gasteiger partial charge in [0.1, 0.15) is 12.2 Å². The Kier molecular flexibility index (Phi) is 6.78. The fourth-order valence-corrected chi connectivity index (χ4v) is 3.27. The van der Waals surface area contributed by atoms with Crippen molar-refractivity contribution in [1.82, 2.24) is 0 Å². The van der Waals surface area contributed by atoms with Gasteiger partial charge in [0.2, 0.25) is 0 Å². The molecule has 0 saturated carbocycles. The first-order chi connectivity index (χ1) is 12.3. The molecule has 1 aromatic rings. The summed E-state index contributed by atoms with van der Waals surface area (Å²) in [5, 5.41) is 0. The summed E-state index contributed by atoms with van der Waals surface area (Å²) in [6.07, 6.45) is -1.23. The minimum Gasteiger partial charge on any atom is -0.469 e. The van der Waals surface area contributed by atoms with E-state index in [-0.39, 0.29) is 12.2 Å². The van der Waals surface area contributed by atoms with Crippen LogP contribution in [0.15, 0.2) is 30.3 Å². The zero-order chi connectivity index (χ0) is 19.3. The SMILES string of the molecule is COC(=O)C(C)(C)[C@@H]1O[C@H](C)[C@H](OCc2ccccc2)C[C@H]1OC(C)=O. The molecule has 4 atom stereocenters. The van der Waals surface area contributed by atoms with Crippen molar-refractivity contribution in [3.63, 3.8) is 0 Å². The van der Waals surface area contributed by atoms with Crippen LogP contribution in [0.1, 0.15) is 39.7 Å². The highest BCUT2D eigenvalue weighted by atomic mass is 16.6. The lowest BCUT2D eigenvalue weighted by Crippen LogP contribution is -2.56. The van der Waals surface area contributed by atoms with Crippen molar-refractivity contribution in [3.05, 3.63) is 35.9 Å². The molecule has 0 N–H and O–H groups in total. The lowest BCUT2D eigenvalue weighted by molar-refractivity contribution is -0.225. The van der Waals surface area contributed by atoms with E-state index in [4.69, 9.17) is 18.9 Å². The smallest absolute Gasteiger partial charge is 0.314 e. The van der Waals surface area contributed by atoms with E-state index in [1.54, 1.807) is 13.8 Å². The fraction of sp³-hybridized carbons (Fsp3) is 0.600. The lowest BCUT2D eigenvalue weighted by atomic mass is 9.79. The summed E-state index contributed by atoms with van der Waals surface area (Å²) in [5.41, 5.74) is 0.105. The van der Waals surface area contributed by atoms with E-state index in [0.29, 0.717) is 13.0 Å². The molecule has 1 saturated heterocycles. The van der Waals surface area contributed by atoms with Crippen LogP contribution >= 0.6 is 0 Å². The highest BCUT2D eigenvalue weighted by molar-refractivity contribution is 5.77. The zero-order valence-corrected chi connectivity index (χ0v) is 16.1. The largest absolute Gasteiger partial charge is 0.469 e. The van der Waals surface area contributed by atoms with Gasteiger partial charge in [0.15, 0.2) is 0 Å². The Morgan fingerprint density at radius 3 is 2.42 bits per heavy atom. The Bertz CT molecular complexity index is 612. The number of rotatable bonds is 6. The average Bonchev–Trinajstić information content (AvgIpc) is 2.61. The van der Waals surface area contributed by atoms with Gasteiger partial charge in [-0.15, -0.1) is 0 Å². The van der Waals surface area contributed by atoms with Gasteiger partial charge in [-0.3, -0.25) is 9.59 Å². The normalized spacial score (nSPS) is 26.2. The van der Waals surface area contributed by atoms with Gasteiger partial charge in [-0.05, 0) is 26.3 Å². The second-order valence-corrected chi connectivity index (χ2v) is 7.19. The molecule has 0 amide bonds. The quantitative estimate of drug-likeness (QED) is 0.723. The number of benzene rings is 1. The Hall–Kier alpha value is -1.92. The average molecular weight is 364 g/mol. The predicted octanol–water partition coefficient (Wildman–Crippen LogP) is 2.88. The number of carbonyl (C=O) groups is 2. The summed E-state index contributed by atoms with van der Waals surface area (Å²) >= 11 is 0. The van der Waals surface area contributed by atoms with Crippen molar-refractivity contribution in [3.8, 4) is 0 Å². The van der Waals surface area contributed by atoms with Crippen molar-refractivity contribution < 1.29 is 28.5 Å². The van der Waals surface area contributed by atoms with E-state index in [1.807, 2.05) is 37.3 Å². The highest BCUT2D eigenvalue weighted by Crippen LogP contribution is 2.36. The molecule has 26 heavy (non-hydrogen) atoms. The molecule has 1 aliphatic heterocycles. The predicted molar refractivity (Wildman–Crippen MR) is 95.3 cm³/mol. The summed E-state index contributed by atoms with van der Waals surface area (Å²) in [4.78, 5) is 23.7. The molecule has 0 aromatic heterocycles. The van der Waals surface area contributed by atoms with E-state index in [0.717, 1.165) is 5.56 Å². The number of hydrogen-bond donors (Lipinski definition) is 0. The summed E-state index contributed by atoms with van der Waals surface area (Å²) in [5.74, 6) is -0.823. The van der Waals surface area contributed by atoms with Gasteiger partial charge in [0.05, 0.1) is 31.3 Å². The first-order valence-corrected chi connectivity index (χ1v) is 8.82. The molecule has 6 heteroatoms. The van der Waals surface area contributed by atoms with Crippen molar-refractivity contribution in [2.75, 3.05) is 7.11 Å². The second kappa shape index (κ2) is 8.64. The van der Waals surface area contributed by atoms with Crippen LogP contribution in [-0.2, 0) is 35.1 Å². The topological polar surface area (TPSA) is 71.1 Å². The first kappa shape index (κ1) is 20.4. The van der Waals surface area contributed by atoms with Crippen LogP contribution in [0.5, 0.6) is 0 Å². The number of hydrogen-bond acceptors (Lipinski definition) is 6. The second-order valence-electron chi connectivity index (χ2n) is 7.19. The van der Waals surface area contributed by atoms with Crippen LogP contribution in [0, 0.1) is 5.41 Å². The molecule has 1 heterocycles. The number of esters is 2. The Morgan fingerprint density at radius 2 is 1.85 bits per heavy atom. The summed E-state index contributed by atoms with van der Waals surface area (Å²) in [7, 11) is 1.34. The number of methoxy groups -OCH3 is 1. The van der Waals surface area contributed by atoms with Crippen molar-refractivity contribution in [1.29, 1.82) is 0 Å². The van der Waals surface area contributed by atoms with Gasteiger partial charge in [0, 0.05) is 13.3 Å². The van der Waals surface area contributed by atoms with Crippen molar-refractivity contribution in [2.24, 2.45) is 5.41 Å². The maximum Gasteiger partial charge on any atom is 0.314 e. The van der Waals surface area contributed by atoms with Crippen LogP contribution in [0.25, 0.3) is 0 Å². The van der Waals surface area contributed by atoms with E-state index in [9.17, 15) is 9.59 Å². The molecule has 144 valence electrons. The zero-order valence-electron chi connectivity index (χ0n) is 16.1. The van der Waals surface area contributed by atoms with Gasteiger partial charge in [-0.25, -0.2) is 0 Å². The molecule has 1 aromatic carbocycles. The van der Waals surface area contributed by atoms with Crippen molar-refractivity contribution >= 4 is 11.9 Å². The molecular weight excluding hydrogens is 336 g/mol. The van der Waals surface area contributed by atoms with Crippen LogP contribution in [-0.4, -0.2) is 43.5 Å². The van der Waals surface area contributed by atoms with Gasteiger partial charge in [-0.2, -0.15) is 0 Å². The molecule has 2 rings (SSSR count). The molecule has 0 spiro atoms. The molecule has 0 bridgehead atoms. The standard InChI is InChI=1S/C20H28O6/c1-13-16(24-12-15-9-7-6-8-10-15)11-17(26-14(2)21)18(25-13)20(3,4)19(22)23-5/h6-10,13,16-18H,11-12H2,1-5H3/t13-,16-,17-,18-/m1/s1. The van der Waals surface area contributed by atoms with E-state index in [2.05, 4.69) is 0 Å². The molecule has 0 radical (unpaired) electrons. The van der Waals surface area contributed by atoms with Gasteiger partial charge in [0.25, 0.3) is 0 Å². The monoisotopic (exact) mass is 364 g/mol. The minimum absolute atomic E-state index is 0.246. The molecule has 0 unspecified atom stereocenters. The highest BCUT2D eigenvalue weighted by Gasteiger charge is 2.50. The third-order valence-corrected chi connectivity index (χ3v) is 4.73. The third kappa shape index (κ3) is 4.83. The molecule has 6 nitrogen and oxygen atoms in total. The number of carbonyl (C=O) groups excluding carboxylic acids is 2. The molecule has 0 aliphatic carbocycles. The maximum atomic E-state index is 12.2. The van der Waals surface area contributed by atoms with Gasteiger partial charge >= 0.3 is 11.9 Å². The Labute approximate surface area is 154 Å². The third-order valence-electron chi connectivity index (χ3n) is 4.73. The lowest BCUT2D eigenvalue weighted by Gasteiger charge is -2.44. The van der Waals surface area contributed by atoms with E-state index >= 15 is 0 Å². The van der Waals surface area contributed by atoms with Crippen molar-refractivity contribution in [2.45, 2.75) is 65.1 Å². The Balaban J connectivity index is 2.12. The first-order valence-electron chi connectivity index (χ1n) is 8.82. The van der Waals surface area contributed by atoms with E-state index < -0.39 is 29.6 Å². The summed E-state index contributed by atoms with van der Waals surface area (Å²) in [6.45, 7) is 7.16. The molecule has 1 aliphatic rings. The molecular formula is C20H28O6. The summed E-state index contributed by atoms with van der Waals surface area (Å²) in [6, 6.07) is 9.83. The van der Waals surface area contributed by atoms with Crippen LogP contribution in [0.4, 0.5) is 0 Å². The fourth-order valence-electron chi connectivity index (χ4n) is 3.27. The minimum atomic E-state index is -0.951. The summed E-state index contributed by atoms with van der Waals surface area (Å²) < 4.78 is 22.5. The number of ether oxygens (including phenoxy) is 4.